The molecule has 0 aromatic carbocycles. The molecular formula is C18H35N5O3. The monoisotopic (exact) mass is 369 g/mol. The molecule has 2 fully saturated rings. The van der Waals surface area contributed by atoms with Crippen molar-refractivity contribution in [1.29, 1.82) is 0 Å². The number of carbonyl (C=O) groups is 1. The lowest BCUT2D eigenvalue weighted by Crippen LogP contribution is -2.63. The van der Waals surface area contributed by atoms with Gasteiger partial charge in [-0.3, -0.25) is 9.89 Å². The van der Waals surface area contributed by atoms with Gasteiger partial charge < -0.3 is 25.0 Å². The Labute approximate surface area is 157 Å². The molecular weight excluding hydrogens is 334 g/mol. The molecule has 2 aliphatic heterocycles. The molecule has 0 bridgehead atoms. The number of guanidine groups is 1. The van der Waals surface area contributed by atoms with Crippen LogP contribution in [0.5, 0.6) is 0 Å². The fourth-order valence-electron chi connectivity index (χ4n) is 2.87. The van der Waals surface area contributed by atoms with Crippen molar-refractivity contribution in [2.75, 3.05) is 59.0 Å². The van der Waals surface area contributed by atoms with Gasteiger partial charge in [-0.15, -0.1) is 0 Å². The highest BCUT2D eigenvalue weighted by Crippen LogP contribution is 2.15. The minimum Gasteiger partial charge on any atom is -0.444 e. The van der Waals surface area contributed by atoms with E-state index in [-0.39, 0.29) is 12.1 Å². The third-order valence-electron chi connectivity index (χ3n) is 4.22. The maximum Gasteiger partial charge on any atom is 0.410 e. The van der Waals surface area contributed by atoms with E-state index in [0.717, 1.165) is 58.3 Å². The van der Waals surface area contributed by atoms with Crippen molar-refractivity contribution < 1.29 is 14.3 Å². The first kappa shape index (κ1) is 20.8. The van der Waals surface area contributed by atoms with Crippen LogP contribution in [0.1, 0.15) is 34.1 Å². The molecule has 2 rings (SSSR count). The maximum absolute atomic E-state index is 12.0. The number of amides is 1. The molecule has 2 aliphatic rings. The summed E-state index contributed by atoms with van der Waals surface area (Å²) in [6.07, 6.45) is 0.786. The van der Waals surface area contributed by atoms with E-state index < -0.39 is 5.60 Å². The summed E-state index contributed by atoms with van der Waals surface area (Å²) in [7, 11) is 0. The van der Waals surface area contributed by atoms with Crippen molar-refractivity contribution in [3.63, 3.8) is 0 Å². The molecule has 2 saturated heterocycles. The molecule has 8 nitrogen and oxygen atoms in total. The summed E-state index contributed by atoms with van der Waals surface area (Å²) >= 11 is 0. The van der Waals surface area contributed by atoms with Gasteiger partial charge in [0.2, 0.25) is 0 Å². The molecule has 1 amide bonds. The Morgan fingerprint density at radius 1 is 1.27 bits per heavy atom. The number of nitrogens with one attached hydrogen (secondary N) is 2. The van der Waals surface area contributed by atoms with Gasteiger partial charge in [0.1, 0.15) is 5.60 Å². The molecule has 0 aromatic rings. The van der Waals surface area contributed by atoms with Gasteiger partial charge in [0, 0.05) is 45.8 Å². The van der Waals surface area contributed by atoms with E-state index in [1.54, 1.807) is 4.90 Å². The van der Waals surface area contributed by atoms with Gasteiger partial charge in [0.05, 0.1) is 19.3 Å². The number of carbonyl (C=O) groups excluding carboxylic acids is 1. The zero-order valence-corrected chi connectivity index (χ0v) is 16.7. The number of hydrogen-bond donors (Lipinski definition) is 2. The highest BCUT2D eigenvalue weighted by molar-refractivity contribution is 5.80. The second-order valence-electron chi connectivity index (χ2n) is 7.79. The van der Waals surface area contributed by atoms with Gasteiger partial charge in [-0.1, -0.05) is 0 Å². The summed E-state index contributed by atoms with van der Waals surface area (Å²) in [4.78, 5) is 20.8. The van der Waals surface area contributed by atoms with Crippen LogP contribution in [0, 0.1) is 0 Å². The van der Waals surface area contributed by atoms with Crippen LogP contribution in [0.3, 0.4) is 0 Å². The van der Waals surface area contributed by atoms with Crippen LogP contribution in [0.2, 0.25) is 0 Å². The minimum atomic E-state index is -0.452. The highest BCUT2D eigenvalue weighted by atomic mass is 16.6. The summed E-state index contributed by atoms with van der Waals surface area (Å²) in [5, 5.41) is 6.67. The van der Waals surface area contributed by atoms with E-state index in [0.29, 0.717) is 13.1 Å². The molecule has 8 heteroatoms. The predicted octanol–water partition coefficient (Wildman–Crippen LogP) is 0.883. The molecule has 2 N–H and O–H groups in total. The Morgan fingerprint density at radius 2 is 1.96 bits per heavy atom. The smallest absolute Gasteiger partial charge is 0.410 e. The quantitative estimate of drug-likeness (QED) is 0.411. The van der Waals surface area contributed by atoms with E-state index in [4.69, 9.17) is 9.47 Å². The summed E-state index contributed by atoms with van der Waals surface area (Å²) in [6, 6.07) is 0.222. The Hall–Kier alpha value is -1.54. The largest absolute Gasteiger partial charge is 0.444 e. The normalized spacial score (nSPS) is 19.8. The number of morpholine rings is 1. The van der Waals surface area contributed by atoms with Crippen LogP contribution in [0.4, 0.5) is 4.79 Å². The van der Waals surface area contributed by atoms with Gasteiger partial charge in [0.15, 0.2) is 5.96 Å². The molecule has 2 heterocycles. The molecule has 0 spiro atoms. The second-order valence-corrected chi connectivity index (χ2v) is 7.79. The van der Waals surface area contributed by atoms with Crippen molar-refractivity contribution >= 4 is 12.1 Å². The molecule has 0 aliphatic carbocycles. The molecule has 0 atom stereocenters. The number of aliphatic imine (C=N–C) groups is 1. The maximum atomic E-state index is 12.0. The highest BCUT2D eigenvalue weighted by Gasteiger charge is 2.34. The first-order chi connectivity index (χ1) is 12.4. The van der Waals surface area contributed by atoms with Crippen molar-refractivity contribution in [3.05, 3.63) is 0 Å². The van der Waals surface area contributed by atoms with Crippen molar-refractivity contribution in [3.8, 4) is 0 Å². The Bertz CT molecular complexity index is 466. The van der Waals surface area contributed by atoms with E-state index >= 15 is 0 Å². The average molecular weight is 370 g/mol. The first-order valence-electron chi connectivity index (χ1n) is 9.70. The number of ether oxygens (including phenoxy) is 2. The summed E-state index contributed by atoms with van der Waals surface area (Å²) in [6.45, 7) is 15.4. The summed E-state index contributed by atoms with van der Waals surface area (Å²) < 4.78 is 10.7. The molecule has 26 heavy (non-hydrogen) atoms. The van der Waals surface area contributed by atoms with Gasteiger partial charge in [-0.05, 0) is 34.1 Å². The fraction of sp³-hybridized carbons (Fsp3) is 0.889. The van der Waals surface area contributed by atoms with Crippen LogP contribution in [0.15, 0.2) is 4.99 Å². The Kier molecular flexibility index (Phi) is 7.96. The summed E-state index contributed by atoms with van der Waals surface area (Å²) in [5.41, 5.74) is -0.452. The van der Waals surface area contributed by atoms with Crippen molar-refractivity contribution in [2.45, 2.75) is 45.8 Å². The number of hydrogen-bond acceptors (Lipinski definition) is 5. The topological polar surface area (TPSA) is 78.4 Å². The first-order valence-corrected chi connectivity index (χ1v) is 9.70. The predicted molar refractivity (Wildman–Crippen MR) is 103 cm³/mol. The lowest BCUT2D eigenvalue weighted by molar-refractivity contribution is 0.00701. The number of rotatable bonds is 6. The average Bonchev–Trinajstić information content (AvgIpc) is 2.53. The lowest BCUT2D eigenvalue weighted by atomic mass is 10.1. The SMILES string of the molecule is CCNC(=NCCCN1CCOCC1)NC1CN(C(=O)OC(C)(C)C)C1. The van der Waals surface area contributed by atoms with E-state index in [9.17, 15) is 4.79 Å². The standard InChI is InChI=1S/C18H35N5O3/c1-5-19-16(20-7-6-8-22-9-11-25-12-10-22)21-15-13-23(14-15)17(24)26-18(2,3)4/h15H,5-14H2,1-4H3,(H2,19,20,21). The lowest BCUT2D eigenvalue weighted by Gasteiger charge is -2.40. The van der Waals surface area contributed by atoms with Crippen LogP contribution < -0.4 is 10.6 Å². The third-order valence-corrected chi connectivity index (χ3v) is 4.22. The van der Waals surface area contributed by atoms with E-state index in [1.807, 2.05) is 20.8 Å². The molecule has 0 unspecified atom stereocenters. The molecule has 0 radical (unpaired) electrons. The zero-order chi connectivity index (χ0) is 19.0. The zero-order valence-electron chi connectivity index (χ0n) is 16.7. The number of likely N-dealkylation sites (tertiary alicyclic amines) is 1. The van der Waals surface area contributed by atoms with Crippen LogP contribution in [-0.2, 0) is 9.47 Å². The van der Waals surface area contributed by atoms with Gasteiger partial charge in [0.25, 0.3) is 0 Å². The molecule has 150 valence electrons. The second kappa shape index (κ2) is 9.97. The molecule has 0 aromatic heterocycles. The van der Waals surface area contributed by atoms with Crippen LogP contribution in [-0.4, -0.2) is 92.5 Å². The number of nitrogens with zero attached hydrogens (tertiary/aromatic N) is 3. The van der Waals surface area contributed by atoms with E-state index in [1.165, 1.54) is 0 Å². The minimum absolute atomic E-state index is 0.222. The Morgan fingerprint density at radius 3 is 2.58 bits per heavy atom. The molecule has 0 saturated carbocycles. The fourth-order valence-corrected chi connectivity index (χ4v) is 2.87. The van der Waals surface area contributed by atoms with Crippen molar-refractivity contribution in [2.24, 2.45) is 4.99 Å². The van der Waals surface area contributed by atoms with Crippen LogP contribution >= 0.6 is 0 Å². The van der Waals surface area contributed by atoms with Crippen molar-refractivity contribution in [1.82, 2.24) is 20.4 Å². The van der Waals surface area contributed by atoms with Gasteiger partial charge >= 0.3 is 6.09 Å². The van der Waals surface area contributed by atoms with Gasteiger partial charge in [-0.25, -0.2) is 4.79 Å². The third kappa shape index (κ3) is 7.37. The Balaban J connectivity index is 1.67. The van der Waals surface area contributed by atoms with E-state index in [2.05, 4.69) is 27.4 Å². The van der Waals surface area contributed by atoms with Gasteiger partial charge in [-0.2, -0.15) is 0 Å². The van der Waals surface area contributed by atoms with Crippen LogP contribution in [0.25, 0.3) is 0 Å². The summed E-state index contributed by atoms with van der Waals surface area (Å²) in [5.74, 6) is 0.823.